The molecule has 0 saturated carbocycles. The molecule has 4 rings (SSSR count). The first-order valence-corrected chi connectivity index (χ1v) is 9.87. The highest BCUT2D eigenvalue weighted by atomic mass is 19.3. The van der Waals surface area contributed by atoms with Gasteiger partial charge in [0.15, 0.2) is 11.6 Å². The normalized spacial score (nSPS) is 11.3. The van der Waals surface area contributed by atoms with Crippen LogP contribution in [0.4, 0.5) is 26.3 Å². The van der Waals surface area contributed by atoms with E-state index in [-0.39, 0.29) is 33.0 Å². The maximum atomic E-state index is 14.9. The predicted octanol–water partition coefficient (Wildman–Crippen LogP) is 7.73. The van der Waals surface area contributed by atoms with E-state index in [0.29, 0.717) is 12.4 Å². The van der Waals surface area contributed by atoms with Crippen LogP contribution in [-0.4, -0.2) is 13.2 Å². The molecular weight excluding hydrogens is 446 g/mol. The van der Waals surface area contributed by atoms with E-state index < -0.39 is 35.6 Å². The van der Waals surface area contributed by atoms with Gasteiger partial charge in [-0.15, -0.1) is 0 Å². The lowest BCUT2D eigenvalue weighted by Gasteiger charge is -2.12. The summed E-state index contributed by atoms with van der Waals surface area (Å²) in [5.41, 5.74) is -0.302. The highest BCUT2D eigenvalue weighted by molar-refractivity contribution is 5.89. The van der Waals surface area contributed by atoms with Gasteiger partial charge in [0.2, 0.25) is 0 Å². The van der Waals surface area contributed by atoms with Crippen molar-refractivity contribution in [2.45, 2.75) is 13.5 Å². The second-order valence-electron chi connectivity index (χ2n) is 7.08. The molecule has 0 aliphatic carbocycles. The fraction of sp³-hybridized carbons (Fsp3) is 0.120. The van der Waals surface area contributed by atoms with Gasteiger partial charge in [-0.3, -0.25) is 0 Å². The quantitative estimate of drug-likeness (QED) is 0.273. The zero-order chi connectivity index (χ0) is 23.7. The molecule has 0 atom stereocenters. The van der Waals surface area contributed by atoms with Gasteiger partial charge in [-0.25, -0.2) is 17.6 Å². The number of alkyl halides is 2. The first kappa shape index (κ1) is 22.5. The predicted molar refractivity (Wildman–Crippen MR) is 112 cm³/mol. The fourth-order valence-electron chi connectivity index (χ4n) is 3.61. The van der Waals surface area contributed by atoms with Gasteiger partial charge in [-0.05, 0) is 59.8 Å². The van der Waals surface area contributed by atoms with Crippen LogP contribution in [0.2, 0.25) is 0 Å². The molecule has 0 amide bonds. The Balaban J connectivity index is 1.74. The van der Waals surface area contributed by atoms with Crippen molar-refractivity contribution in [1.82, 2.24) is 0 Å². The number of hydrogen-bond acceptors (Lipinski definition) is 2. The van der Waals surface area contributed by atoms with Crippen LogP contribution >= 0.6 is 0 Å². The topological polar surface area (TPSA) is 18.5 Å². The molecule has 0 bridgehead atoms. The Hall–Kier alpha value is -3.68. The summed E-state index contributed by atoms with van der Waals surface area (Å²) in [6.07, 6.45) is 0. The molecule has 4 aromatic rings. The molecule has 0 saturated heterocycles. The first-order chi connectivity index (χ1) is 15.8. The highest BCUT2D eigenvalue weighted by Gasteiger charge is 2.18. The third kappa shape index (κ3) is 4.46. The fourth-order valence-corrected chi connectivity index (χ4v) is 3.61. The van der Waals surface area contributed by atoms with Crippen molar-refractivity contribution < 1.29 is 35.8 Å². The molecule has 0 aliphatic rings. The SMILES string of the molecule is CCOc1ccc(-c2cc(F)c(-c3ccc4c(F)c(OC(F)F)ccc4c3)c(F)c2)c(F)c1. The number of fused-ring (bicyclic) bond motifs is 1. The van der Waals surface area contributed by atoms with Gasteiger partial charge in [0.05, 0.1) is 12.2 Å². The second-order valence-corrected chi connectivity index (χ2v) is 7.08. The van der Waals surface area contributed by atoms with Gasteiger partial charge in [0, 0.05) is 17.0 Å². The standard InChI is InChI=1S/C25H16F6O2/c1-2-32-16-5-7-17(19(26)12-16)15-10-20(27)23(21(28)11-15)14-3-6-18-13(9-14)4-8-22(24(18)29)33-25(30)31/h3-12,25H,2H2,1H3. The van der Waals surface area contributed by atoms with Gasteiger partial charge < -0.3 is 9.47 Å². The largest absolute Gasteiger partial charge is 0.494 e. The van der Waals surface area contributed by atoms with Crippen molar-refractivity contribution in [2.75, 3.05) is 6.61 Å². The van der Waals surface area contributed by atoms with Gasteiger partial charge in [0.1, 0.15) is 23.2 Å². The Kier molecular flexibility index (Phi) is 6.18. The number of hydrogen-bond donors (Lipinski definition) is 0. The third-order valence-corrected chi connectivity index (χ3v) is 5.03. The Bertz CT molecular complexity index is 1310. The minimum absolute atomic E-state index is 0.00468. The van der Waals surface area contributed by atoms with Crippen LogP contribution in [0, 0.1) is 23.3 Å². The molecule has 0 N–H and O–H groups in total. The summed E-state index contributed by atoms with van der Waals surface area (Å²) in [7, 11) is 0. The Morgan fingerprint density at radius 2 is 1.48 bits per heavy atom. The third-order valence-electron chi connectivity index (χ3n) is 5.03. The van der Waals surface area contributed by atoms with Crippen molar-refractivity contribution in [3.8, 4) is 33.8 Å². The Morgan fingerprint density at radius 3 is 2.12 bits per heavy atom. The number of rotatable bonds is 6. The van der Waals surface area contributed by atoms with E-state index in [1.165, 1.54) is 36.4 Å². The van der Waals surface area contributed by atoms with Crippen LogP contribution in [0.1, 0.15) is 6.92 Å². The van der Waals surface area contributed by atoms with Crippen LogP contribution in [0.5, 0.6) is 11.5 Å². The maximum absolute atomic E-state index is 14.9. The Morgan fingerprint density at radius 1 is 0.758 bits per heavy atom. The highest BCUT2D eigenvalue weighted by Crippen LogP contribution is 2.36. The monoisotopic (exact) mass is 462 g/mol. The van der Waals surface area contributed by atoms with E-state index in [1.807, 2.05) is 0 Å². The summed E-state index contributed by atoms with van der Waals surface area (Å²) in [5.74, 6) is -3.95. The van der Waals surface area contributed by atoms with Crippen molar-refractivity contribution in [2.24, 2.45) is 0 Å². The lowest BCUT2D eigenvalue weighted by molar-refractivity contribution is -0.0520. The zero-order valence-electron chi connectivity index (χ0n) is 17.1. The van der Waals surface area contributed by atoms with Gasteiger partial charge in [-0.2, -0.15) is 8.78 Å². The molecule has 170 valence electrons. The van der Waals surface area contributed by atoms with Crippen LogP contribution in [0.15, 0.2) is 60.7 Å². The zero-order valence-corrected chi connectivity index (χ0v) is 17.1. The second kappa shape index (κ2) is 9.05. The van der Waals surface area contributed by atoms with E-state index in [1.54, 1.807) is 6.92 Å². The van der Waals surface area contributed by atoms with Crippen molar-refractivity contribution in [1.29, 1.82) is 0 Å². The summed E-state index contributed by atoms with van der Waals surface area (Å²) < 4.78 is 92.9. The molecule has 0 radical (unpaired) electrons. The van der Waals surface area contributed by atoms with Crippen molar-refractivity contribution >= 4 is 10.8 Å². The summed E-state index contributed by atoms with van der Waals surface area (Å²) in [5, 5.41) is 0.179. The van der Waals surface area contributed by atoms with E-state index in [2.05, 4.69) is 4.74 Å². The number of benzene rings is 4. The van der Waals surface area contributed by atoms with Crippen molar-refractivity contribution in [3.63, 3.8) is 0 Å². The summed E-state index contributed by atoms with van der Waals surface area (Å²) >= 11 is 0. The van der Waals surface area contributed by atoms with Gasteiger partial charge >= 0.3 is 6.61 Å². The van der Waals surface area contributed by atoms with Crippen molar-refractivity contribution in [3.05, 3.63) is 83.9 Å². The summed E-state index contributed by atoms with van der Waals surface area (Å²) in [6.45, 7) is -1.11. The first-order valence-electron chi connectivity index (χ1n) is 9.87. The molecule has 0 heterocycles. The molecule has 4 aromatic carbocycles. The molecule has 0 aromatic heterocycles. The summed E-state index contributed by atoms with van der Waals surface area (Å²) in [6, 6.07) is 12.1. The van der Waals surface area contributed by atoms with Crippen LogP contribution in [0.3, 0.4) is 0 Å². The van der Waals surface area contributed by atoms with Crippen LogP contribution in [-0.2, 0) is 0 Å². The van der Waals surface area contributed by atoms with Crippen LogP contribution in [0.25, 0.3) is 33.0 Å². The number of ether oxygens (including phenoxy) is 2. The minimum atomic E-state index is -3.20. The van der Waals surface area contributed by atoms with Gasteiger partial charge in [0.25, 0.3) is 0 Å². The molecule has 0 aliphatic heterocycles. The average Bonchev–Trinajstić information content (AvgIpc) is 2.75. The molecule has 33 heavy (non-hydrogen) atoms. The molecule has 0 unspecified atom stereocenters. The maximum Gasteiger partial charge on any atom is 0.387 e. The average molecular weight is 462 g/mol. The van der Waals surface area contributed by atoms with E-state index in [4.69, 9.17) is 4.74 Å². The Labute approximate surface area is 185 Å². The van der Waals surface area contributed by atoms with Crippen LogP contribution < -0.4 is 9.47 Å². The van der Waals surface area contributed by atoms with E-state index in [9.17, 15) is 26.3 Å². The molecule has 0 spiro atoms. The molecule has 2 nitrogen and oxygen atoms in total. The minimum Gasteiger partial charge on any atom is -0.494 e. The van der Waals surface area contributed by atoms with Gasteiger partial charge in [-0.1, -0.05) is 18.2 Å². The molecule has 0 fully saturated rings. The molecule has 8 heteroatoms. The van der Waals surface area contributed by atoms with E-state index >= 15 is 0 Å². The molecular formula is C25H16F6O2. The smallest absolute Gasteiger partial charge is 0.387 e. The van der Waals surface area contributed by atoms with E-state index in [0.717, 1.165) is 24.3 Å². The lowest BCUT2D eigenvalue weighted by Crippen LogP contribution is -2.03. The number of halogens is 6. The lowest BCUT2D eigenvalue weighted by atomic mass is 9.96. The summed E-state index contributed by atoms with van der Waals surface area (Å²) in [4.78, 5) is 0.